The Hall–Kier alpha value is -0.980. The number of fused-ring (bicyclic) bond motifs is 1. The molecule has 0 saturated carbocycles. The summed E-state index contributed by atoms with van der Waals surface area (Å²) in [5, 5.41) is 0. The Morgan fingerprint density at radius 2 is 1.61 bits per heavy atom. The molecular weight excluding hydrogens is 220 g/mol. The second-order valence-corrected chi connectivity index (χ2v) is 7.52. The van der Waals surface area contributed by atoms with E-state index in [1.165, 1.54) is 22.3 Å². The van der Waals surface area contributed by atoms with Crippen molar-refractivity contribution in [3.8, 4) is 5.75 Å². The van der Waals surface area contributed by atoms with Crippen LogP contribution in [0.1, 0.15) is 63.8 Å². The highest BCUT2D eigenvalue weighted by atomic mass is 16.5. The first kappa shape index (κ1) is 13.5. The number of aryl methyl sites for hydroxylation is 1. The highest BCUT2D eigenvalue weighted by molar-refractivity contribution is 5.56. The van der Waals surface area contributed by atoms with Gasteiger partial charge in [0, 0.05) is 17.5 Å². The zero-order valence-corrected chi connectivity index (χ0v) is 12.9. The monoisotopic (exact) mass is 246 g/mol. The quantitative estimate of drug-likeness (QED) is 0.653. The molecule has 1 nitrogen and oxygen atoms in total. The Morgan fingerprint density at radius 1 is 1.00 bits per heavy atom. The van der Waals surface area contributed by atoms with Crippen LogP contribution in [0.4, 0.5) is 0 Å². The van der Waals surface area contributed by atoms with Gasteiger partial charge in [0.1, 0.15) is 5.75 Å². The third-order valence-electron chi connectivity index (χ3n) is 3.73. The van der Waals surface area contributed by atoms with Crippen LogP contribution in [0.2, 0.25) is 0 Å². The highest BCUT2D eigenvalue weighted by Gasteiger charge is 2.31. The molecule has 1 aliphatic rings. The average molecular weight is 246 g/mol. The lowest BCUT2D eigenvalue weighted by molar-refractivity contribution is 0.347. The topological polar surface area (TPSA) is 9.23 Å². The fourth-order valence-corrected chi connectivity index (χ4v) is 3.13. The summed E-state index contributed by atoms with van der Waals surface area (Å²) in [4.78, 5) is 0. The Kier molecular flexibility index (Phi) is 3.00. The third-order valence-corrected chi connectivity index (χ3v) is 3.73. The first-order valence-corrected chi connectivity index (χ1v) is 6.92. The number of rotatable bonds is 0. The maximum atomic E-state index is 5.95. The molecule has 0 aromatic heterocycles. The molecule has 0 radical (unpaired) electrons. The Balaban J connectivity index is 2.73. The van der Waals surface area contributed by atoms with Crippen molar-refractivity contribution in [1.82, 2.24) is 0 Å². The van der Waals surface area contributed by atoms with Crippen LogP contribution in [0.25, 0.3) is 0 Å². The molecule has 1 aromatic carbocycles. The van der Waals surface area contributed by atoms with Crippen molar-refractivity contribution >= 4 is 0 Å². The van der Waals surface area contributed by atoms with Gasteiger partial charge in [0.2, 0.25) is 0 Å². The molecule has 1 aromatic rings. The predicted molar refractivity (Wildman–Crippen MR) is 77.8 cm³/mol. The van der Waals surface area contributed by atoms with Gasteiger partial charge in [0.05, 0.1) is 6.61 Å². The first-order valence-electron chi connectivity index (χ1n) is 6.92. The molecule has 1 heteroatoms. The largest absolute Gasteiger partial charge is 0.493 e. The van der Waals surface area contributed by atoms with Gasteiger partial charge in [-0.05, 0) is 28.9 Å². The second kappa shape index (κ2) is 4.01. The molecule has 18 heavy (non-hydrogen) atoms. The van der Waals surface area contributed by atoms with Crippen LogP contribution in [-0.2, 0) is 17.3 Å². The molecule has 1 aliphatic heterocycles. The van der Waals surface area contributed by atoms with E-state index in [9.17, 15) is 0 Å². The van der Waals surface area contributed by atoms with E-state index < -0.39 is 0 Å². The number of benzene rings is 1. The fraction of sp³-hybridized carbons (Fsp3) is 0.647. The molecule has 0 fully saturated rings. The molecule has 0 aliphatic carbocycles. The maximum absolute atomic E-state index is 5.95. The minimum Gasteiger partial charge on any atom is -0.493 e. The van der Waals surface area contributed by atoms with Crippen LogP contribution < -0.4 is 4.74 Å². The summed E-state index contributed by atoms with van der Waals surface area (Å²) in [5.74, 6) is 1.16. The lowest BCUT2D eigenvalue weighted by atomic mass is 9.76. The normalized spacial score (nSPS) is 15.5. The standard InChI is InChI=1S/C17H26O/c1-11-10-13(16(2,3)4)15-12(8-9-18-15)14(11)17(5,6)7/h10H,8-9H2,1-7H3. The Labute approximate surface area is 112 Å². The molecule has 100 valence electrons. The van der Waals surface area contributed by atoms with E-state index in [2.05, 4.69) is 54.5 Å². The molecule has 0 N–H and O–H groups in total. The van der Waals surface area contributed by atoms with Crippen molar-refractivity contribution in [1.29, 1.82) is 0 Å². The summed E-state index contributed by atoms with van der Waals surface area (Å²) in [6.07, 6.45) is 1.06. The van der Waals surface area contributed by atoms with Crippen molar-refractivity contribution in [3.05, 3.63) is 28.3 Å². The van der Waals surface area contributed by atoms with Crippen LogP contribution in [-0.4, -0.2) is 6.61 Å². The van der Waals surface area contributed by atoms with Gasteiger partial charge in [-0.1, -0.05) is 47.6 Å². The van der Waals surface area contributed by atoms with Crippen LogP contribution >= 0.6 is 0 Å². The molecule has 0 unspecified atom stereocenters. The number of hydrogen-bond donors (Lipinski definition) is 0. The van der Waals surface area contributed by atoms with E-state index in [-0.39, 0.29) is 10.8 Å². The summed E-state index contributed by atoms with van der Waals surface area (Å²) in [6.45, 7) is 16.8. The molecule has 0 atom stereocenters. The molecule has 0 bridgehead atoms. The lowest BCUT2D eigenvalue weighted by Crippen LogP contribution is -2.19. The van der Waals surface area contributed by atoms with E-state index in [4.69, 9.17) is 4.74 Å². The van der Waals surface area contributed by atoms with Crippen molar-refractivity contribution in [2.75, 3.05) is 6.61 Å². The predicted octanol–water partition coefficient (Wildman–Crippen LogP) is 4.52. The van der Waals surface area contributed by atoms with Gasteiger partial charge in [-0.25, -0.2) is 0 Å². The van der Waals surface area contributed by atoms with Gasteiger partial charge in [-0.2, -0.15) is 0 Å². The van der Waals surface area contributed by atoms with Crippen LogP contribution in [0, 0.1) is 6.92 Å². The zero-order valence-electron chi connectivity index (χ0n) is 12.9. The first-order chi connectivity index (χ1) is 8.12. The number of hydrogen-bond acceptors (Lipinski definition) is 1. The molecule has 1 heterocycles. The highest BCUT2D eigenvalue weighted by Crippen LogP contribution is 2.44. The SMILES string of the molecule is Cc1cc(C(C)(C)C)c2c(c1C(C)(C)C)CCO2. The summed E-state index contributed by atoms with van der Waals surface area (Å²) >= 11 is 0. The minimum atomic E-state index is 0.148. The van der Waals surface area contributed by atoms with Gasteiger partial charge in [0.15, 0.2) is 0 Å². The van der Waals surface area contributed by atoms with E-state index in [0.29, 0.717) is 0 Å². The smallest absolute Gasteiger partial charge is 0.126 e. The minimum absolute atomic E-state index is 0.148. The third kappa shape index (κ3) is 2.15. The van der Waals surface area contributed by atoms with Crippen LogP contribution in [0.3, 0.4) is 0 Å². The number of ether oxygens (including phenoxy) is 1. The average Bonchev–Trinajstić information content (AvgIpc) is 2.60. The molecule has 0 spiro atoms. The fourth-order valence-electron chi connectivity index (χ4n) is 3.13. The Morgan fingerprint density at radius 3 is 2.11 bits per heavy atom. The van der Waals surface area contributed by atoms with Crippen LogP contribution in [0.5, 0.6) is 5.75 Å². The second-order valence-electron chi connectivity index (χ2n) is 7.52. The van der Waals surface area contributed by atoms with Crippen molar-refractivity contribution in [3.63, 3.8) is 0 Å². The maximum Gasteiger partial charge on any atom is 0.126 e. The van der Waals surface area contributed by atoms with E-state index >= 15 is 0 Å². The molecular formula is C17H26O. The summed E-state index contributed by atoms with van der Waals surface area (Å²) in [7, 11) is 0. The zero-order chi connectivity index (χ0) is 13.7. The molecule has 0 amide bonds. The molecule has 0 saturated heterocycles. The van der Waals surface area contributed by atoms with E-state index in [1.807, 2.05) is 0 Å². The van der Waals surface area contributed by atoms with Crippen molar-refractivity contribution < 1.29 is 4.74 Å². The summed E-state index contributed by atoms with van der Waals surface area (Å²) in [6, 6.07) is 2.34. The Bertz CT molecular complexity index is 470. The van der Waals surface area contributed by atoms with Gasteiger partial charge in [-0.3, -0.25) is 0 Å². The van der Waals surface area contributed by atoms with Gasteiger partial charge < -0.3 is 4.74 Å². The summed E-state index contributed by atoms with van der Waals surface area (Å²) in [5.41, 5.74) is 6.06. The van der Waals surface area contributed by atoms with Gasteiger partial charge in [0.25, 0.3) is 0 Å². The summed E-state index contributed by atoms with van der Waals surface area (Å²) < 4.78 is 5.95. The van der Waals surface area contributed by atoms with Gasteiger partial charge in [-0.15, -0.1) is 0 Å². The molecule has 2 rings (SSSR count). The van der Waals surface area contributed by atoms with Gasteiger partial charge >= 0.3 is 0 Å². The van der Waals surface area contributed by atoms with E-state index in [1.54, 1.807) is 0 Å². The lowest BCUT2D eigenvalue weighted by Gasteiger charge is -2.29. The van der Waals surface area contributed by atoms with Crippen molar-refractivity contribution in [2.24, 2.45) is 0 Å². The van der Waals surface area contributed by atoms with E-state index in [0.717, 1.165) is 18.8 Å². The van der Waals surface area contributed by atoms with Crippen molar-refractivity contribution in [2.45, 2.75) is 65.7 Å². The van der Waals surface area contributed by atoms with Crippen LogP contribution in [0.15, 0.2) is 6.07 Å².